The Hall–Kier alpha value is -2.48. The van der Waals surface area contributed by atoms with Crippen molar-refractivity contribution < 1.29 is 9.59 Å². The normalized spacial score (nSPS) is 15.2. The van der Waals surface area contributed by atoms with Crippen molar-refractivity contribution in [1.29, 1.82) is 5.41 Å². The summed E-state index contributed by atoms with van der Waals surface area (Å²) in [6.07, 6.45) is 2.37. The van der Waals surface area contributed by atoms with Gasteiger partial charge in [0.15, 0.2) is 0 Å². The van der Waals surface area contributed by atoms with E-state index >= 15 is 0 Å². The summed E-state index contributed by atoms with van der Waals surface area (Å²) >= 11 is 2.30. The van der Waals surface area contributed by atoms with Gasteiger partial charge in [-0.1, -0.05) is 23.8 Å². The molecule has 5 nitrogen and oxygen atoms in total. The lowest BCUT2D eigenvalue weighted by molar-refractivity contribution is -0.124. The van der Waals surface area contributed by atoms with Crippen molar-refractivity contribution in [1.82, 2.24) is 4.90 Å². The minimum absolute atomic E-state index is 0.253. The number of allylic oxidation sites excluding steroid dienone is 2. The van der Waals surface area contributed by atoms with Crippen LogP contribution in [0.15, 0.2) is 29.8 Å². The molecule has 2 aromatic carbocycles. The van der Waals surface area contributed by atoms with Gasteiger partial charge in [-0.05, 0) is 88.7 Å². The van der Waals surface area contributed by atoms with Gasteiger partial charge in [-0.25, -0.2) is 0 Å². The molecule has 0 bridgehead atoms. The SMILES string of the molecule is CC1=C(C)c2c(c(C(N)=O)cc(I)c2-c2cccc3c2CCN(C(=O)C=N)C3)C1. The van der Waals surface area contributed by atoms with Gasteiger partial charge < -0.3 is 16.0 Å². The zero-order valence-corrected chi connectivity index (χ0v) is 18.6. The van der Waals surface area contributed by atoms with Crippen molar-refractivity contribution in [2.75, 3.05) is 6.54 Å². The van der Waals surface area contributed by atoms with Gasteiger partial charge in [-0.15, -0.1) is 0 Å². The van der Waals surface area contributed by atoms with Crippen LogP contribution in [0, 0.1) is 8.98 Å². The summed E-state index contributed by atoms with van der Waals surface area (Å²) in [6.45, 7) is 5.34. The summed E-state index contributed by atoms with van der Waals surface area (Å²) in [4.78, 5) is 25.7. The van der Waals surface area contributed by atoms with Gasteiger partial charge in [-0.2, -0.15) is 0 Å². The first-order chi connectivity index (χ1) is 13.8. The van der Waals surface area contributed by atoms with Gasteiger partial charge in [0.25, 0.3) is 5.91 Å². The van der Waals surface area contributed by atoms with Gasteiger partial charge in [0.2, 0.25) is 5.91 Å². The average Bonchev–Trinajstić information content (AvgIpc) is 3.00. The molecule has 1 aliphatic carbocycles. The molecule has 3 N–H and O–H groups in total. The Morgan fingerprint density at radius 1 is 1.21 bits per heavy atom. The molecule has 29 heavy (non-hydrogen) atoms. The van der Waals surface area contributed by atoms with Crippen LogP contribution in [0.5, 0.6) is 0 Å². The molecule has 148 valence electrons. The number of amides is 2. The fourth-order valence-electron chi connectivity index (χ4n) is 4.51. The number of primary amides is 1. The third kappa shape index (κ3) is 3.19. The zero-order chi connectivity index (χ0) is 20.9. The second-order valence-electron chi connectivity index (χ2n) is 7.68. The summed E-state index contributed by atoms with van der Waals surface area (Å²) in [5.41, 5.74) is 15.6. The number of halogens is 1. The van der Waals surface area contributed by atoms with Crippen LogP contribution in [-0.4, -0.2) is 29.5 Å². The maximum absolute atomic E-state index is 12.1. The topological polar surface area (TPSA) is 87.2 Å². The number of nitrogens with zero attached hydrogens (tertiary/aromatic N) is 1. The van der Waals surface area contributed by atoms with Crippen molar-refractivity contribution in [2.45, 2.75) is 33.2 Å². The Bertz CT molecular complexity index is 1120. The highest BCUT2D eigenvalue weighted by Crippen LogP contribution is 2.45. The first-order valence-electron chi connectivity index (χ1n) is 9.55. The van der Waals surface area contributed by atoms with Crippen molar-refractivity contribution in [3.63, 3.8) is 0 Å². The minimum atomic E-state index is -0.385. The van der Waals surface area contributed by atoms with Crippen LogP contribution in [0.2, 0.25) is 0 Å². The van der Waals surface area contributed by atoms with E-state index in [4.69, 9.17) is 11.1 Å². The molecule has 2 amide bonds. The van der Waals surface area contributed by atoms with Crippen molar-refractivity contribution in [3.05, 3.63) is 61.2 Å². The van der Waals surface area contributed by atoms with Crippen LogP contribution in [0.4, 0.5) is 0 Å². The van der Waals surface area contributed by atoms with E-state index in [0.29, 0.717) is 18.7 Å². The van der Waals surface area contributed by atoms with E-state index in [9.17, 15) is 9.59 Å². The van der Waals surface area contributed by atoms with E-state index in [1.54, 1.807) is 4.90 Å². The molecule has 0 radical (unpaired) electrons. The second-order valence-corrected chi connectivity index (χ2v) is 8.84. The molecule has 2 aromatic rings. The van der Waals surface area contributed by atoms with Crippen LogP contribution in [0.25, 0.3) is 16.7 Å². The molecule has 0 fully saturated rings. The number of rotatable bonds is 3. The molecule has 0 atom stereocenters. The fraction of sp³-hybridized carbons (Fsp3) is 0.261. The molecule has 1 heterocycles. The number of carbonyl (C=O) groups is 2. The van der Waals surface area contributed by atoms with E-state index in [1.807, 2.05) is 12.1 Å². The first-order valence-corrected chi connectivity index (χ1v) is 10.6. The van der Waals surface area contributed by atoms with Crippen LogP contribution in [-0.2, 0) is 24.2 Å². The number of carbonyl (C=O) groups excluding carboxylic acids is 2. The Kier molecular flexibility index (Phi) is 5.06. The summed E-state index contributed by atoms with van der Waals surface area (Å²) in [7, 11) is 0. The lowest BCUT2D eigenvalue weighted by Gasteiger charge is -2.30. The van der Waals surface area contributed by atoms with E-state index in [2.05, 4.69) is 48.6 Å². The molecule has 0 saturated carbocycles. The van der Waals surface area contributed by atoms with E-state index in [-0.39, 0.29) is 11.8 Å². The average molecular weight is 499 g/mol. The van der Waals surface area contributed by atoms with Gasteiger partial charge >= 0.3 is 0 Å². The minimum Gasteiger partial charge on any atom is -0.366 e. The molecule has 0 spiro atoms. The number of fused-ring (bicyclic) bond motifs is 2. The Morgan fingerprint density at radius 3 is 2.66 bits per heavy atom. The van der Waals surface area contributed by atoms with Gasteiger partial charge in [0.05, 0.1) is 6.21 Å². The molecular formula is C23H22IN3O2. The smallest absolute Gasteiger partial charge is 0.264 e. The molecular weight excluding hydrogens is 477 g/mol. The highest BCUT2D eigenvalue weighted by atomic mass is 127. The zero-order valence-electron chi connectivity index (χ0n) is 16.4. The summed E-state index contributed by atoms with van der Waals surface area (Å²) in [6, 6.07) is 8.13. The maximum Gasteiger partial charge on any atom is 0.264 e. The molecule has 0 unspecified atom stereocenters. The van der Waals surface area contributed by atoms with E-state index in [0.717, 1.165) is 50.4 Å². The summed E-state index contributed by atoms with van der Waals surface area (Å²) < 4.78 is 1.01. The largest absolute Gasteiger partial charge is 0.366 e. The fourth-order valence-corrected chi connectivity index (χ4v) is 5.38. The van der Waals surface area contributed by atoms with E-state index < -0.39 is 0 Å². The Balaban J connectivity index is 1.92. The molecule has 4 rings (SSSR count). The number of nitrogens with two attached hydrogens (primary N) is 1. The van der Waals surface area contributed by atoms with Crippen molar-refractivity contribution >= 4 is 46.2 Å². The Labute approximate surface area is 183 Å². The predicted molar refractivity (Wildman–Crippen MR) is 123 cm³/mol. The number of nitrogens with one attached hydrogen (secondary N) is 1. The van der Waals surface area contributed by atoms with Crippen molar-refractivity contribution in [2.24, 2.45) is 5.73 Å². The molecule has 1 aliphatic heterocycles. The van der Waals surface area contributed by atoms with E-state index in [1.165, 1.54) is 16.7 Å². The highest BCUT2D eigenvalue weighted by Gasteiger charge is 2.29. The third-order valence-corrected chi connectivity index (χ3v) is 6.93. The lowest BCUT2D eigenvalue weighted by atomic mass is 9.85. The van der Waals surface area contributed by atoms with Gasteiger partial charge in [0, 0.05) is 27.8 Å². The predicted octanol–water partition coefficient (Wildman–Crippen LogP) is 3.94. The Morgan fingerprint density at radius 2 is 1.97 bits per heavy atom. The molecule has 0 saturated heterocycles. The molecule has 6 heteroatoms. The standard InChI is InChI=1S/C23H22IN3O2/c1-12-8-17-18(23(26)29)9-19(24)22(21(17)13(12)2)16-5-3-4-14-11-27(20(28)10-25)7-6-15(14)16/h3-5,9-10,25H,6-8,11H2,1-2H3,(H2,26,29). The first kappa shape index (κ1) is 19.8. The number of hydrogen-bond acceptors (Lipinski definition) is 3. The van der Waals surface area contributed by atoms with Gasteiger partial charge in [-0.3, -0.25) is 9.59 Å². The van der Waals surface area contributed by atoms with Crippen molar-refractivity contribution in [3.8, 4) is 11.1 Å². The molecule has 2 aliphatic rings. The summed E-state index contributed by atoms with van der Waals surface area (Å²) in [5.74, 6) is -0.638. The van der Waals surface area contributed by atoms with Crippen LogP contribution < -0.4 is 5.73 Å². The number of benzene rings is 2. The van der Waals surface area contributed by atoms with Crippen LogP contribution >= 0.6 is 22.6 Å². The summed E-state index contributed by atoms with van der Waals surface area (Å²) in [5, 5.41) is 7.25. The van der Waals surface area contributed by atoms with Crippen LogP contribution in [0.1, 0.15) is 46.5 Å². The van der Waals surface area contributed by atoms with Crippen LogP contribution in [0.3, 0.4) is 0 Å². The monoisotopic (exact) mass is 499 g/mol. The quantitative estimate of drug-likeness (QED) is 0.495. The maximum atomic E-state index is 12.1. The second kappa shape index (κ2) is 7.40. The third-order valence-electron chi connectivity index (χ3n) is 6.08. The lowest BCUT2D eigenvalue weighted by Crippen LogP contribution is -2.36. The number of hydrogen-bond donors (Lipinski definition) is 2. The van der Waals surface area contributed by atoms with Gasteiger partial charge in [0.1, 0.15) is 0 Å². The molecule has 0 aromatic heterocycles. The highest BCUT2D eigenvalue weighted by molar-refractivity contribution is 14.1.